The maximum atomic E-state index is 11.2. The molecule has 0 spiro atoms. The van der Waals surface area contributed by atoms with E-state index < -0.39 is 5.97 Å². The SMILES string of the molecule is Cc1ccc(C(=O)O)c(Oc2ccc(Br)cc2C#N)c1. The summed E-state index contributed by atoms with van der Waals surface area (Å²) in [5, 5.41) is 18.2. The van der Waals surface area contributed by atoms with Gasteiger partial charge in [0.05, 0.1) is 5.56 Å². The van der Waals surface area contributed by atoms with E-state index in [1.54, 1.807) is 30.3 Å². The lowest BCUT2D eigenvalue weighted by molar-refractivity contribution is 0.0694. The summed E-state index contributed by atoms with van der Waals surface area (Å²) in [5.74, 6) is -0.532. The van der Waals surface area contributed by atoms with Crippen molar-refractivity contribution < 1.29 is 14.6 Å². The molecule has 0 fully saturated rings. The molecule has 2 aromatic rings. The molecule has 1 N–H and O–H groups in total. The Hall–Kier alpha value is -2.32. The Balaban J connectivity index is 2.47. The van der Waals surface area contributed by atoms with Crippen molar-refractivity contribution in [3.05, 3.63) is 57.6 Å². The smallest absolute Gasteiger partial charge is 0.339 e. The lowest BCUT2D eigenvalue weighted by Crippen LogP contribution is -2.01. The van der Waals surface area contributed by atoms with Crippen molar-refractivity contribution in [3.8, 4) is 17.6 Å². The van der Waals surface area contributed by atoms with Crippen LogP contribution in [0.2, 0.25) is 0 Å². The van der Waals surface area contributed by atoms with Gasteiger partial charge in [-0.3, -0.25) is 0 Å². The maximum absolute atomic E-state index is 11.2. The normalized spacial score (nSPS) is 9.85. The number of carbonyl (C=O) groups is 1. The summed E-state index contributed by atoms with van der Waals surface area (Å²) in [6.07, 6.45) is 0. The zero-order valence-electron chi connectivity index (χ0n) is 10.6. The number of carboxylic acids is 1. The Labute approximate surface area is 124 Å². The highest BCUT2D eigenvalue weighted by molar-refractivity contribution is 9.10. The van der Waals surface area contributed by atoms with Gasteiger partial charge in [0, 0.05) is 4.47 Å². The zero-order chi connectivity index (χ0) is 14.7. The van der Waals surface area contributed by atoms with Crippen LogP contribution in [0.15, 0.2) is 40.9 Å². The molecule has 4 nitrogen and oxygen atoms in total. The Morgan fingerprint density at radius 2 is 2.00 bits per heavy atom. The highest BCUT2D eigenvalue weighted by Crippen LogP contribution is 2.30. The average molecular weight is 332 g/mol. The quantitative estimate of drug-likeness (QED) is 0.918. The number of carboxylic acid groups (broad SMARTS) is 1. The highest BCUT2D eigenvalue weighted by atomic mass is 79.9. The Morgan fingerprint density at radius 1 is 1.25 bits per heavy atom. The summed E-state index contributed by atoms with van der Waals surface area (Å²) in [4.78, 5) is 11.2. The van der Waals surface area contributed by atoms with E-state index in [-0.39, 0.29) is 11.3 Å². The van der Waals surface area contributed by atoms with Crippen molar-refractivity contribution in [1.29, 1.82) is 5.26 Å². The molecule has 0 saturated carbocycles. The van der Waals surface area contributed by atoms with Gasteiger partial charge in [-0.25, -0.2) is 4.79 Å². The van der Waals surface area contributed by atoms with Crippen molar-refractivity contribution >= 4 is 21.9 Å². The van der Waals surface area contributed by atoms with Crippen LogP contribution in [0.4, 0.5) is 0 Å². The van der Waals surface area contributed by atoms with Crippen molar-refractivity contribution in [2.24, 2.45) is 0 Å². The fourth-order valence-corrected chi connectivity index (χ4v) is 2.05. The van der Waals surface area contributed by atoms with Crippen LogP contribution < -0.4 is 4.74 Å². The third kappa shape index (κ3) is 2.98. The lowest BCUT2D eigenvalue weighted by Gasteiger charge is -2.11. The summed E-state index contributed by atoms with van der Waals surface area (Å²) >= 11 is 3.27. The van der Waals surface area contributed by atoms with Crippen LogP contribution in [0.25, 0.3) is 0 Å². The van der Waals surface area contributed by atoms with Gasteiger partial charge < -0.3 is 9.84 Å². The Morgan fingerprint density at radius 3 is 2.65 bits per heavy atom. The van der Waals surface area contributed by atoms with Gasteiger partial charge in [-0.2, -0.15) is 5.26 Å². The monoisotopic (exact) mass is 331 g/mol. The number of hydrogen-bond donors (Lipinski definition) is 1. The van der Waals surface area contributed by atoms with E-state index in [1.807, 2.05) is 13.0 Å². The molecule has 0 aliphatic rings. The molecule has 0 amide bonds. The fourth-order valence-electron chi connectivity index (χ4n) is 1.69. The maximum Gasteiger partial charge on any atom is 0.339 e. The summed E-state index contributed by atoms with van der Waals surface area (Å²) < 4.78 is 6.36. The van der Waals surface area contributed by atoms with Crippen LogP contribution in [0.5, 0.6) is 11.5 Å². The largest absolute Gasteiger partial charge is 0.478 e. The van der Waals surface area contributed by atoms with Crippen molar-refractivity contribution in [2.45, 2.75) is 6.92 Å². The number of nitrogens with zero attached hydrogens (tertiary/aromatic N) is 1. The first kappa shape index (κ1) is 14.1. The molecule has 0 radical (unpaired) electrons. The lowest BCUT2D eigenvalue weighted by atomic mass is 10.1. The molecule has 0 bridgehead atoms. The first-order chi connectivity index (χ1) is 9.51. The second-order valence-electron chi connectivity index (χ2n) is 4.16. The van der Waals surface area contributed by atoms with Crippen LogP contribution >= 0.6 is 15.9 Å². The molecule has 2 aromatic carbocycles. The summed E-state index contributed by atoms with van der Waals surface area (Å²) in [6.45, 7) is 1.84. The fraction of sp³-hybridized carbons (Fsp3) is 0.0667. The summed E-state index contributed by atoms with van der Waals surface area (Å²) in [6, 6.07) is 11.8. The number of hydrogen-bond acceptors (Lipinski definition) is 3. The van der Waals surface area contributed by atoms with Gasteiger partial charge in [0.2, 0.25) is 0 Å². The van der Waals surface area contributed by atoms with Gasteiger partial charge in [0.25, 0.3) is 0 Å². The van der Waals surface area contributed by atoms with Crippen molar-refractivity contribution in [1.82, 2.24) is 0 Å². The van der Waals surface area contributed by atoms with Crippen LogP contribution in [0, 0.1) is 18.3 Å². The molecular weight excluding hydrogens is 322 g/mol. The van der Waals surface area contributed by atoms with Gasteiger partial charge in [-0.05, 0) is 42.8 Å². The molecule has 0 heterocycles. The molecule has 0 aliphatic carbocycles. The topological polar surface area (TPSA) is 70.3 Å². The van der Waals surface area contributed by atoms with Crippen molar-refractivity contribution in [3.63, 3.8) is 0 Å². The van der Waals surface area contributed by atoms with Crippen LogP contribution in [-0.4, -0.2) is 11.1 Å². The second kappa shape index (κ2) is 5.76. The van der Waals surface area contributed by atoms with Crippen LogP contribution in [0.1, 0.15) is 21.5 Å². The minimum Gasteiger partial charge on any atom is -0.478 e. The minimum atomic E-state index is -1.07. The van der Waals surface area contributed by atoms with Gasteiger partial charge in [-0.1, -0.05) is 22.0 Å². The molecule has 0 aromatic heterocycles. The van der Waals surface area contributed by atoms with Gasteiger partial charge in [0.15, 0.2) is 0 Å². The number of rotatable bonds is 3. The molecular formula is C15H10BrNO3. The van der Waals surface area contributed by atoms with Crippen LogP contribution in [0.3, 0.4) is 0 Å². The number of nitriles is 1. The third-order valence-electron chi connectivity index (χ3n) is 2.65. The van der Waals surface area contributed by atoms with Crippen molar-refractivity contribution in [2.75, 3.05) is 0 Å². The van der Waals surface area contributed by atoms with Gasteiger partial charge in [0.1, 0.15) is 23.1 Å². The average Bonchev–Trinajstić information content (AvgIpc) is 2.40. The molecule has 100 valence electrons. The third-order valence-corrected chi connectivity index (χ3v) is 3.14. The van der Waals surface area contributed by atoms with Gasteiger partial charge >= 0.3 is 5.97 Å². The number of aromatic carboxylic acids is 1. The number of ether oxygens (including phenoxy) is 1. The van der Waals surface area contributed by atoms with Crippen LogP contribution in [-0.2, 0) is 0 Å². The molecule has 0 unspecified atom stereocenters. The Bertz CT molecular complexity index is 720. The summed E-state index contributed by atoms with van der Waals surface area (Å²) in [5.41, 5.74) is 1.26. The molecule has 5 heteroatoms. The molecule has 2 rings (SSSR count). The van der Waals surface area contributed by atoms with E-state index in [0.29, 0.717) is 11.3 Å². The molecule has 0 atom stereocenters. The first-order valence-corrected chi connectivity index (χ1v) is 6.52. The van der Waals surface area contributed by atoms with E-state index in [0.717, 1.165) is 10.0 Å². The molecule has 20 heavy (non-hydrogen) atoms. The second-order valence-corrected chi connectivity index (χ2v) is 5.07. The predicted octanol–water partition coefficient (Wildman–Crippen LogP) is 4.12. The predicted molar refractivity (Wildman–Crippen MR) is 77.1 cm³/mol. The van der Waals surface area contributed by atoms with E-state index in [9.17, 15) is 4.79 Å². The number of halogens is 1. The highest BCUT2D eigenvalue weighted by Gasteiger charge is 2.14. The van der Waals surface area contributed by atoms with E-state index in [4.69, 9.17) is 15.1 Å². The van der Waals surface area contributed by atoms with Gasteiger partial charge in [-0.15, -0.1) is 0 Å². The van der Waals surface area contributed by atoms with E-state index in [2.05, 4.69) is 15.9 Å². The number of benzene rings is 2. The standard InChI is InChI=1S/C15H10BrNO3/c1-9-2-4-12(15(18)19)14(6-9)20-13-5-3-11(16)7-10(13)8-17/h2-7H,1H3,(H,18,19). The van der Waals surface area contributed by atoms with E-state index in [1.165, 1.54) is 6.07 Å². The Kier molecular flexibility index (Phi) is 4.06. The van der Waals surface area contributed by atoms with E-state index >= 15 is 0 Å². The molecule has 0 saturated heterocycles. The zero-order valence-corrected chi connectivity index (χ0v) is 12.1. The minimum absolute atomic E-state index is 0.0578. The molecule has 0 aliphatic heterocycles. The first-order valence-electron chi connectivity index (χ1n) is 5.72. The number of aryl methyl sites for hydroxylation is 1. The summed E-state index contributed by atoms with van der Waals surface area (Å²) in [7, 11) is 0.